The van der Waals surface area contributed by atoms with Crippen LogP contribution < -0.4 is 10.6 Å². The van der Waals surface area contributed by atoms with Crippen molar-refractivity contribution in [2.75, 3.05) is 13.6 Å². The van der Waals surface area contributed by atoms with E-state index in [1.807, 2.05) is 24.3 Å². The van der Waals surface area contributed by atoms with Crippen molar-refractivity contribution in [3.63, 3.8) is 0 Å². The van der Waals surface area contributed by atoms with E-state index < -0.39 is 5.54 Å². The zero-order valence-corrected chi connectivity index (χ0v) is 16.0. The minimum absolute atomic E-state index is 0.0627. The minimum Gasteiger partial charge on any atom is -0.355 e. The van der Waals surface area contributed by atoms with Gasteiger partial charge in [0.1, 0.15) is 5.54 Å². The van der Waals surface area contributed by atoms with Crippen molar-refractivity contribution in [2.24, 2.45) is 0 Å². The number of hydrogen-bond acceptors (Lipinski definition) is 4. The van der Waals surface area contributed by atoms with Crippen molar-refractivity contribution < 1.29 is 9.59 Å². The molecule has 2 aliphatic carbocycles. The Morgan fingerprint density at radius 2 is 1.85 bits per heavy atom. The molecule has 0 saturated heterocycles. The maximum atomic E-state index is 12.6. The van der Waals surface area contributed by atoms with Crippen LogP contribution >= 0.6 is 0 Å². The first kappa shape index (κ1) is 19.4. The Morgan fingerprint density at radius 1 is 1.19 bits per heavy atom. The molecule has 0 aliphatic heterocycles. The molecule has 0 spiro atoms. The number of rotatable bonds is 7. The van der Waals surface area contributed by atoms with Crippen LogP contribution in [0.5, 0.6) is 0 Å². The number of hydrogen-bond donors (Lipinski definition) is 2. The molecule has 0 heterocycles. The topological polar surface area (TPSA) is 85.2 Å². The van der Waals surface area contributed by atoms with Crippen LogP contribution in [-0.2, 0) is 11.3 Å². The lowest BCUT2D eigenvalue weighted by atomic mass is 9.83. The molecular weight excluding hydrogens is 340 g/mol. The Kier molecular flexibility index (Phi) is 6.12. The maximum absolute atomic E-state index is 12.6. The highest BCUT2D eigenvalue weighted by atomic mass is 16.2. The summed E-state index contributed by atoms with van der Waals surface area (Å²) in [7, 11) is 1.62. The van der Waals surface area contributed by atoms with Crippen molar-refractivity contribution in [2.45, 2.75) is 63.1 Å². The van der Waals surface area contributed by atoms with E-state index in [0.29, 0.717) is 24.7 Å². The molecule has 2 N–H and O–H groups in total. The van der Waals surface area contributed by atoms with Gasteiger partial charge in [0, 0.05) is 25.2 Å². The number of carbonyl (C=O) groups excluding carboxylic acids is 2. The molecule has 1 aromatic rings. The highest BCUT2D eigenvalue weighted by molar-refractivity contribution is 5.93. The summed E-state index contributed by atoms with van der Waals surface area (Å²) in [6.07, 6.45) is 6.84. The van der Waals surface area contributed by atoms with Crippen LogP contribution in [0.3, 0.4) is 0 Å². The average Bonchev–Trinajstić information content (AvgIpc) is 3.53. The van der Waals surface area contributed by atoms with E-state index in [0.717, 1.165) is 50.5 Å². The number of nitriles is 1. The Morgan fingerprint density at radius 3 is 2.41 bits per heavy atom. The summed E-state index contributed by atoms with van der Waals surface area (Å²) in [6, 6.07) is 10.3. The Labute approximate surface area is 160 Å². The van der Waals surface area contributed by atoms with Crippen molar-refractivity contribution in [3.05, 3.63) is 35.4 Å². The number of nitrogens with zero attached hydrogens (tertiary/aromatic N) is 2. The molecule has 6 heteroatoms. The predicted molar refractivity (Wildman–Crippen MR) is 103 cm³/mol. The third-order valence-corrected chi connectivity index (χ3v) is 5.54. The van der Waals surface area contributed by atoms with E-state index in [1.165, 1.54) is 0 Å². The summed E-state index contributed by atoms with van der Waals surface area (Å²) in [5.41, 5.74) is 1.03. The van der Waals surface area contributed by atoms with E-state index in [4.69, 9.17) is 0 Å². The fourth-order valence-electron chi connectivity index (χ4n) is 3.81. The highest BCUT2D eigenvalue weighted by Crippen LogP contribution is 2.30. The van der Waals surface area contributed by atoms with Crippen LogP contribution in [0.4, 0.5) is 0 Å². The Bertz CT molecular complexity index is 713. The molecule has 2 fully saturated rings. The monoisotopic (exact) mass is 368 g/mol. The molecule has 2 amide bonds. The van der Waals surface area contributed by atoms with Gasteiger partial charge in [0.05, 0.1) is 12.6 Å². The molecule has 0 unspecified atom stereocenters. The van der Waals surface area contributed by atoms with E-state index in [-0.39, 0.29) is 11.8 Å². The molecule has 0 bridgehead atoms. The van der Waals surface area contributed by atoms with Crippen LogP contribution in [-0.4, -0.2) is 41.9 Å². The van der Waals surface area contributed by atoms with Gasteiger partial charge in [-0.05, 0) is 43.4 Å². The van der Waals surface area contributed by atoms with Gasteiger partial charge >= 0.3 is 0 Å². The van der Waals surface area contributed by atoms with Crippen LogP contribution in [0, 0.1) is 11.3 Å². The summed E-state index contributed by atoms with van der Waals surface area (Å²) in [4.78, 5) is 26.5. The Balaban J connectivity index is 1.60. The SMILES string of the molecule is CNC(=O)c1ccc(CN(CC(=O)NC2(C#N)CCCCC2)C2CC2)cc1. The number of nitrogens with one attached hydrogen (secondary N) is 2. The largest absolute Gasteiger partial charge is 0.355 e. The first-order chi connectivity index (χ1) is 13.0. The number of benzene rings is 1. The van der Waals surface area contributed by atoms with Crippen LogP contribution in [0.1, 0.15) is 60.9 Å². The Hall–Kier alpha value is -2.39. The molecule has 27 heavy (non-hydrogen) atoms. The average molecular weight is 368 g/mol. The van der Waals surface area contributed by atoms with Crippen molar-refractivity contribution >= 4 is 11.8 Å². The fourth-order valence-corrected chi connectivity index (χ4v) is 3.81. The third-order valence-electron chi connectivity index (χ3n) is 5.54. The van der Waals surface area contributed by atoms with Gasteiger partial charge in [0.2, 0.25) is 5.91 Å². The van der Waals surface area contributed by atoms with E-state index in [9.17, 15) is 14.9 Å². The molecule has 0 aromatic heterocycles. The van der Waals surface area contributed by atoms with Gasteiger partial charge in [-0.3, -0.25) is 14.5 Å². The molecule has 0 radical (unpaired) electrons. The molecular formula is C21H28N4O2. The van der Waals surface area contributed by atoms with Crippen molar-refractivity contribution in [1.29, 1.82) is 5.26 Å². The maximum Gasteiger partial charge on any atom is 0.251 e. The lowest BCUT2D eigenvalue weighted by Crippen LogP contribution is -2.51. The number of amides is 2. The normalized spacial score (nSPS) is 18.6. The molecule has 144 valence electrons. The van der Waals surface area contributed by atoms with Crippen LogP contribution in [0.15, 0.2) is 24.3 Å². The van der Waals surface area contributed by atoms with Crippen molar-refractivity contribution in [1.82, 2.24) is 15.5 Å². The van der Waals surface area contributed by atoms with Crippen LogP contribution in [0.2, 0.25) is 0 Å². The second-order valence-corrected chi connectivity index (χ2v) is 7.71. The fraction of sp³-hybridized carbons (Fsp3) is 0.571. The van der Waals surface area contributed by atoms with E-state index >= 15 is 0 Å². The highest BCUT2D eigenvalue weighted by Gasteiger charge is 2.35. The first-order valence-corrected chi connectivity index (χ1v) is 9.82. The summed E-state index contributed by atoms with van der Waals surface area (Å²) in [6.45, 7) is 0.983. The predicted octanol–water partition coefficient (Wildman–Crippen LogP) is 2.35. The summed E-state index contributed by atoms with van der Waals surface area (Å²) < 4.78 is 0. The van der Waals surface area contributed by atoms with Gasteiger partial charge < -0.3 is 10.6 Å². The quantitative estimate of drug-likeness (QED) is 0.774. The molecule has 2 aliphatic rings. The summed E-state index contributed by atoms with van der Waals surface area (Å²) >= 11 is 0. The molecule has 1 aromatic carbocycles. The van der Waals surface area contributed by atoms with Gasteiger partial charge in [0.15, 0.2) is 0 Å². The van der Waals surface area contributed by atoms with Gasteiger partial charge in [-0.2, -0.15) is 5.26 Å². The van der Waals surface area contributed by atoms with Gasteiger partial charge in [-0.1, -0.05) is 31.4 Å². The third kappa shape index (κ3) is 5.08. The molecule has 2 saturated carbocycles. The van der Waals surface area contributed by atoms with Gasteiger partial charge in [-0.15, -0.1) is 0 Å². The minimum atomic E-state index is -0.681. The van der Waals surface area contributed by atoms with Gasteiger partial charge in [0.25, 0.3) is 5.91 Å². The zero-order valence-electron chi connectivity index (χ0n) is 16.0. The lowest BCUT2D eigenvalue weighted by Gasteiger charge is -2.32. The van der Waals surface area contributed by atoms with E-state index in [1.54, 1.807) is 7.05 Å². The molecule has 0 atom stereocenters. The zero-order chi connectivity index (χ0) is 19.3. The lowest BCUT2D eigenvalue weighted by molar-refractivity contribution is -0.124. The smallest absolute Gasteiger partial charge is 0.251 e. The first-order valence-electron chi connectivity index (χ1n) is 9.82. The van der Waals surface area contributed by atoms with E-state index in [2.05, 4.69) is 21.6 Å². The summed E-state index contributed by atoms with van der Waals surface area (Å²) in [5.74, 6) is -0.165. The second-order valence-electron chi connectivity index (χ2n) is 7.71. The van der Waals surface area contributed by atoms with Crippen molar-refractivity contribution in [3.8, 4) is 6.07 Å². The van der Waals surface area contributed by atoms with Gasteiger partial charge in [-0.25, -0.2) is 0 Å². The second kappa shape index (κ2) is 8.53. The van der Waals surface area contributed by atoms with Crippen LogP contribution in [0.25, 0.3) is 0 Å². The number of carbonyl (C=O) groups is 2. The molecule has 3 rings (SSSR count). The standard InChI is InChI=1S/C21H28N4O2/c1-23-20(27)17-7-5-16(6-8-17)13-25(18-9-10-18)14-19(26)24-21(15-22)11-3-2-4-12-21/h5-8,18H,2-4,9-14H2,1H3,(H,23,27)(H,24,26). The summed E-state index contributed by atoms with van der Waals surface area (Å²) in [5, 5.41) is 15.2. The molecule has 6 nitrogen and oxygen atoms in total.